The summed E-state index contributed by atoms with van der Waals surface area (Å²) in [4.78, 5) is 0. The third-order valence-electron chi connectivity index (χ3n) is 7.63. The second-order valence-electron chi connectivity index (χ2n) is 10.7. The number of hydrogen-bond donors (Lipinski definition) is 2. The van der Waals surface area contributed by atoms with Gasteiger partial charge in [-0.25, -0.2) is 0 Å². The number of phenols is 2. The Morgan fingerprint density at radius 2 is 1.22 bits per heavy atom. The van der Waals surface area contributed by atoms with Gasteiger partial charge < -0.3 is 10.2 Å². The molecule has 2 aromatic rings. The Morgan fingerprint density at radius 1 is 0.688 bits per heavy atom. The minimum atomic E-state index is -0.0393. The van der Waals surface area contributed by atoms with Crippen LogP contribution >= 0.6 is 0 Å². The largest absolute Gasteiger partial charge is 0.507 e. The van der Waals surface area contributed by atoms with E-state index in [4.69, 9.17) is 0 Å². The molecule has 0 fully saturated rings. The third-order valence-corrected chi connectivity index (χ3v) is 7.63. The molecule has 2 rings (SSSR count). The van der Waals surface area contributed by atoms with Crippen LogP contribution in [0, 0.1) is 5.41 Å². The zero-order valence-corrected chi connectivity index (χ0v) is 21.9. The van der Waals surface area contributed by atoms with Gasteiger partial charge in [0.2, 0.25) is 0 Å². The maximum absolute atomic E-state index is 11.4. The Bertz CT molecular complexity index is 910. The molecular formula is C30H46O2. The summed E-state index contributed by atoms with van der Waals surface area (Å²) >= 11 is 0. The number of aromatic hydroxyl groups is 2. The van der Waals surface area contributed by atoms with Crippen LogP contribution in [0.3, 0.4) is 0 Å². The van der Waals surface area contributed by atoms with Crippen LogP contribution in [0.5, 0.6) is 11.5 Å². The molecule has 0 bridgehead atoms. The molecule has 2 heteroatoms. The van der Waals surface area contributed by atoms with Gasteiger partial charge in [-0.15, -0.1) is 0 Å². The molecule has 1 atom stereocenters. The zero-order valence-electron chi connectivity index (χ0n) is 21.9. The van der Waals surface area contributed by atoms with E-state index in [0.29, 0.717) is 17.9 Å². The lowest BCUT2D eigenvalue weighted by Crippen LogP contribution is -2.21. The van der Waals surface area contributed by atoms with Gasteiger partial charge in [0, 0.05) is 12.0 Å². The first kappa shape index (κ1) is 26.3. The van der Waals surface area contributed by atoms with Gasteiger partial charge in [-0.2, -0.15) is 0 Å². The standard InChI is InChI=1S/C30H46O2/c1-9-14-30(8,13-5)26-18-22(11-3)16-24(28(26)32)19-23-15-21(10-2)17-25(27(23)31)20-29(6,7)12-4/h15-18,31-32H,9-14,19-20H2,1-8H3. The Morgan fingerprint density at radius 3 is 1.72 bits per heavy atom. The summed E-state index contributed by atoms with van der Waals surface area (Å²) in [5, 5.41) is 22.6. The first-order valence-electron chi connectivity index (χ1n) is 12.7. The summed E-state index contributed by atoms with van der Waals surface area (Å²) in [5.74, 6) is 0.815. The zero-order chi connectivity index (χ0) is 24.1. The molecular weight excluding hydrogens is 392 g/mol. The van der Waals surface area contributed by atoms with Gasteiger partial charge in [0.15, 0.2) is 0 Å². The van der Waals surface area contributed by atoms with E-state index in [0.717, 1.165) is 67.2 Å². The predicted molar refractivity (Wildman–Crippen MR) is 138 cm³/mol. The molecule has 0 heterocycles. The smallest absolute Gasteiger partial charge is 0.122 e. The molecule has 1 unspecified atom stereocenters. The fraction of sp³-hybridized carbons (Fsp3) is 0.600. The molecule has 2 aromatic carbocycles. The Balaban J connectivity index is 2.60. The molecule has 0 aromatic heterocycles. The molecule has 0 aliphatic rings. The van der Waals surface area contributed by atoms with E-state index in [9.17, 15) is 10.2 Å². The average molecular weight is 439 g/mol. The van der Waals surface area contributed by atoms with Gasteiger partial charge in [0.25, 0.3) is 0 Å². The molecule has 178 valence electrons. The van der Waals surface area contributed by atoms with Gasteiger partial charge in [-0.1, -0.05) is 92.5 Å². The molecule has 2 nitrogen and oxygen atoms in total. The highest BCUT2D eigenvalue weighted by Gasteiger charge is 2.29. The highest BCUT2D eigenvalue weighted by atomic mass is 16.3. The SMILES string of the molecule is CCCC(C)(CC)c1cc(CC)cc(Cc2cc(CC)cc(CC(C)(C)CC)c2O)c1O. The lowest BCUT2D eigenvalue weighted by atomic mass is 9.74. The maximum atomic E-state index is 11.4. The van der Waals surface area contributed by atoms with Gasteiger partial charge in [-0.3, -0.25) is 0 Å². The van der Waals surface area contributed by atoms with Crippen LogP contribution in [0.15, 0.2) is 24.3 Å². The van der Waals surface area contributed by atoms with E-state index in [1.54, 1.807) is 0 Å². The van der Waals surface area contributed by atoms with Crippen molar-refractivity contribution in [3.05, 3.63) is 57.6 Å². The second kappa shape index (κ2) is 10.8. The van der Waals surface area contributed by atoms with Crippen molar-refractivity contribution < 1.29 is 10.2 Å². The summed E-state index contributed by atoms with van der Waals surface area (Å²) < 4.78 is 0. The van der Waals surface area contributed by atoms with E-state index in [-0.39, 0.29) is 10.8 Å². The summed E-state index contributed by atoms with van der Waals surface area (Å²) in [6.45, 7) is 17.8. The molecule has 2 N–H and O–H groups in total. The van der Waals surface area contributed by atoms with Crippen molar-refractivity contribution in [3.63, 3.8) is 0 Å². The molecule has 32 heavy (non-hydrogen) atoms. The first-order chi connectivity index (χ1) is 15.0. The number of rotatable bonds is 11. The average Bonchev–Trinajstić information content (AvgIpc) is 2.77. The fourth-order valence-corrected chi connectivity index (χ4v) is 4.76. The topological polar surface area (TPSA) is 40.5 Å². The maximum Gasteiger partial charge on any atom is 0.122 e. The molecule has 0 saturated carbocycles. The minimum Gasteiger partial charge on any atom is -0.507 e. The van der Waals surface area contributed by atoms with Crippen molar-refractivity contribution in [1.29, 1.82) is 0 Å². The monoisotopic (exact) mass is 438 g/mol. The van der Waals surface area contributed by atoms with E-state index in [1.165, 1.54) is 11.1 Å². The third kappa shape index (κ3) is 5.88. The van der Waals surface area contributed by atoms with E-state index in [2.05, 4.69) is 79.7 Å². The van der Waals surface area contributed by atoms with Crippen LogP contribution in [0.25, 0.3) is 0 Å². The predicted octanol–water partition coefficient (Wildman–Crippen LogP) is 8.26. The first-order valence-corrected chi connectivity index (χ1v) is 12.7. The van der Waals surface area contributed by atoms with E-state index in [1.807, 2.05) is 0 Å². The molecule has 0 saturated heterocycles. The van der Waals surface area contributed by atoms with Crippen molar-refractivity contribution in [2.45, 2.75) is 112 Å². The van der Waals surface area contributed by atoms with Gasteiger partial charge in [-0.05, 0) is 70.8 Å². The van der Waals surface area contributed by atoms with Crippen molar-refractivity contribution in [2.24, 2.45) is 5.41 Å². The molecule has 0 amide bonds. The van der Waals surface area contributed by atoms with Crippen LogP contribution in [-0.4, -0.2) is 10.2 Å². The van der Waals surface area contributed by atoms with Crippen LogP contribution in [0.1, 0.15) is 114 Å². The second-order valence-corrected chi connectivity index (χ2v) is 10.7. The summed E-state index contributed by atoms with van der Waals surface area (Å²) in [5.41, 5.74) is 6.55. The minimum absolute atomic E-state index is 0.0393. The van der Waals surface area contributed by atoms with Crippen molar-refractivity contribution in [2.75, 3.05) is 0 Å². The number of benzene rings is 2. The van der Waals surface area contributed by atoms with E-state index < -0.39 is 0 Å². The number of hydrogen-bond acceptors (Lipinski definition) is 2. The molecule has 0 aliphatic heterocycles. The molecule has 0 spiro atoms. The van der Waals surface area contributed by atoms with Crippen molar-refractivity contribution >= 4 is 0 Å². The van der Waals surface area contributed by atoms with Crippen LogP contribution in [-0.2, 0) is 31.1 Å². The Kier molecular flexibility index (Phi) is 8.85. The van der Waals surface area contributed by atoms with Crippen molar-refractivity contribution in [3.8, 4) is 11.5 Å². The summed E-state index contributed by atoms with van der Waals surface area (Å²) in [6, 6.07) is 8.63. The van der Waals surface area contributed by atoms with Crippen LogP contribution < -0.4 is 0 Å². The number of aryl methyl sites for hydroxylation is 2. The van der Waals surface area contributed by atoms with Gasteiger partial charge >= 0.3 is 0 Å². The Labute approximate surface area is 197 Å². The summed E-state index contributed by atoms with van der Waals surface area (Å²) in [7, 11) is 0. The fourth-order valence-electron chi connectivity index (χ4n) is 4.76. The quantitative estimate of drug-likeness (QED) is 0.371. The van der Waals surface area contributed by atoms with Gasteiger partial charge in [0.1, 0.15) is 11.5 Å². The molecule has 0 radical (unpaired) electrons. The normalized spacial score (nSPS) is 13.9. The lowest BCUT2D eigenvalue weighted by Gasteiger charge is -2.31. The van der Waals surface area contributed by atoms with E-state index >= 15 is 0 Å². The van der Waals surface area contributed by atoms with Crippen LogP contribution in [0.4, 0.5) is 0 Å². The van der Waals surface area contributed by atoms with Gasteiger partial charge in [0.05, 0.1) is 0 Å². The number of phenolic OH excluding ortho intramolecular Hbond substituents is 2. The van der Waals surface area contributed by atoms with Crippen LogP contribution in [0.2, 0.25) is 0 Å². The molecule has 0 aliphatic carbocycles. The highest BCUT2D eigenvalue weighted by Crippen LogP contribution is 2.42. The lowest BCUT2D eigenvalue weighted by molar-refractivity contribution is 0.341. The highest BCUT2D eigenvalue weighted by molar-refractivity contribution is 5.52. The summed E-state index contributed by atoms with van der Waals surface area (Å²) in [6.07, 6.45) is 7.47. The Hall–Kier alpha value is -1.96. The van der Waals surface area contributed by atoms with Crippen molar-refractivity contribution in [1.82, 2.24) is 0 Å².